The highest BCUT2D eigenvalue weighted by atomic mass is 16.5. The monoisotopic (exact) mass is 408 g/mol. The fourth-order valence-corrected chi connectivity index (χ4v) is 5.85. The molecule has 2 aromatic carbocycles. The Balaban J connectivity index is 1.89. The standard InChI is InChI=1S/C26H32O4/c1-14(2)7-9-16-21(29-5)13-22(30-6)17-12-18-24(23(16)17)25(26(18,3)4)15-8-10-19(27)20(28)11-15/h7-8,10-11,13,18,24-25,27-28H,9,12H2,1-6H3. The summed E-state index contributed by atoms with van der Waals surface area (Å²) in [5.41, 5.74) is 6.31. The molecule has 160 valence electrons. The molecule has 0 bridgehead atoms. The Morgan fingerprint density at radius 2 is 1.77 bits per heavy atom. The molecule has 3 atom stereocenters. The van der Waals surface area contributed by atoms with Crippen molar-refractivity contribution < 1.29 is 19.7 Å². The summed E-state index contributed by atoms with van der Waals surface area (Å²) in [6.07, 6.45) is 4.07. The van der Waals surface area contributed by atoms with Gasteiger partial charge in [-0.1, -0.05) is 31.6 Å². The number of allylic oxidation sites excluding steroid dienone is 2. The van der Waals surface area contributed by atoms with Gasteiger partial charge in [-0.25, -0.2) is 0 Å². The van der Waals surface area contributed by atoms with Crippen LogP contribution in [0.25, 0.3) is 0 Å². The molecular formula is C26H32O4. The van der Waals surface area contributed by atoms with Crippen LogP contribution >= 0.6 is 0 Å². The van der Waals surface area contributed by atoms with E-state index in [0.29, 0.717) is 11.8 Å². The van der Waals surface area contributed by atoms with Gasteiger partial charge in [0.2, 0.25) is 0 Å². The SMILES string of the molecule is COc1cc(OC)c2c(c1CC=C(C)C)C1C(C2)C(C)(C)C1c1ccc(O)c(O)c1. The molecule has 30 heavy (non-hydrogen) atoms. The quantitative estimate of drug-likeness (QED) is 0.492. The third-order valence-electron chi connectivity index (χ3n) is 7.33. The maximum absolute atomic E-state index is 10.1. The van der Waals surface area contributed by atoms with Crippen LogP contribution in [0.1, 0.15) is 61.8 Å². The molecule has 3 unspecified atom stereocenters. The Labute approximate surface area is 179 Å². The maximum Gasteiger partial charge on any atom is 0.157 e. The van der Waals surface area contributed by atoms with Gasteiger partial charge in [0.05, 0.1) is 14.2 Å². The van der Waals surface area contributed by atoms with E-state index in [1.165, 1.54) is 22.3 Å². The van der Waals surface area contributed by atoms with Gasteiger partial charge in [0.15, 0.2) is 11.5 Å². The number of phenols is 2. The fraction of sp³-hybridized carbons (Fsp3) is 0.462. The predicted octanol–water partition coefficient (Wildman–Crippen LogP) is 5.70. The van der Waals surface area contributed by atoms with Crippen molar-refractivity contribution in [1.29, 1.82) is 0 Å². The van der Waals surface area contributed by atoms with Crippen LogP contribution in [-0.4, -0.2) is 24.4 Å². The predicted molar refractivity (Wildman–Crippen MR) is 119 cm³/mol. The number of ether oxygens (including phenoxy) is 2. The summed E-state index contributed by atoms with van der Waals surface area (Å²) in [5.74, 6) is 2.73. The Morgan fingerprint density at radius 3 is 2.37 bits per heavy atom. The van der Waals surface area contributed by atoms with E-state index in [1.54, 1.807) is 26.4 Å². The molecule has 0 heterocycles. The second-order valence-corrected chi connectivity index (χ2v) is 9.52. The summed E-state index contributed by atoms with van der Waals surface area (Å²) in [6.45, 7) is 8.86. The highest BCUT2D eigenvalue weighted by Crippen LogP contribution is 2.71. The summed E-state index contributed by atoms with van der Waals surface area (Å²) in [6, 6.07) is 7.30. The van der Waals surface area contributed by atoms with Crippen molar-refractivity contribution in [3.8, 4) is 23.0 Å². The molecule has 4 heteroatoms. The van der Waals surface area contributed by atoms with Gasteiger partial charge in [-0.3, -0.25) is 0 Å². The first-order valence-corrected chi connectivity index (χ1v) is 10.6. The van der Waals surface area contributed by atoms with Crippen molar-refractivity contribution in [2.24, 2.45) is 11.3 Å². The van der Waals surface area contributed by atoms with Crippen molar-refractivity contribution in [2.45, 2.75) is 52.4 Å². The third kappa shape index (κ3) is 2.96. The summed E-state index contributed by atoms with van der Waals surface area (Å²) >= 11 is 0. The number of methoxy groups -OCH3 is 2. The summed E-state index contributed by atoms with van der Waals surface area (Å²) in [5, 5.41) is 19.9. The van der Waals surface area contributed by atoms with Crippen LogP contribution in [0.5, 0.6) is 23.0 Å². The Bertz CT molecular complexity index is 1010. The van der Waals surface area contributed by atoms with E-state index in [0.717, 1.165) is 29.9 Å². The molecule has 0 saturated heterocycles. The summed E-state index contributed by atoms with van der Waals surface area (Å²) < 4.78 is 11.6. The average Bonchev–Trinajstić information content (AvgIpc) is 3.06. The number of rotatable bonds is 5. The zero-order valence-electron chi connectivity index (χ0n) is 18.7. The van der Waals surface area contributed by atoms with Crippen LogP contribution in [0.3, 0.4) is 0 Å². The molecule has 1 saturated carbocycles. The number of hydrogen-bond donors (Lipinski definition) is 2. The molecule has 0 aliphatic heterocycles. The lowest BCUT2D eigenvalue weighted by molar-refractivity contribution is 0.0122. The van der Waals surface area contributed by atoms with Crippen LogP contribution < -0.4 is 9.47 Å². The van der Waals surface area contributed by atoms with Gasteiger partial charge in [-0.05, 0) is 78.7 Å². The highest BCUT2D eigenvalue weighted by Gasteiger charge is 2.61. The molecule has 2 aliphatic carbocycles. The minimum Gasteiger partial charge on any atom is -0.504 e. The first kappa shape index (κ1) is 20.6. The third-order valence-corrected chi connectivity index (χ3v) is 7.33. The average molecular weight is 409 g/mol. The smallest absolute Gasteiger partial charge is 0.157 e. The molecule has 1 fully saturated rings. The molecule has 0 radical (unpaired) electrons. The Kier molecular flexibility index (Phi) is 5.00. The van der Waals surface area contributed by atoms with Gasteiger partial charge in [0.25, 0.3) is 0 Å². The maximum atomic E-state index is 10.1. The largest absolute Gasteiger partial charge is 0.504 e. The summed E-state index contributed by atoms with van der Waals surface area (Å²) in [7, 11) is 3.45. The van der Waals surface area contributed by atoms with E-state index < -0.39 is 0 Å². The number of benzene rings is 2. The zero-order chi connectivity index (χ0) is 21.8. The topological polar surface area (TPSA) is 58.9 Å². The van der Waals surface area contributed by atoms with Gasteiger partial charge in [0.1, 0.15) is 11.5 Å². The number of hydrogen-bond acceptors (Lipinski definition) is 4. The highest BCUT2D eigenvalue weighted by molar-refractivity contribution is 5.61. The van der Waals surface area contributed by atoms with Crippen molar-refractivity contribution in [1.82, 2.24) is 0 Å². The lowest BCUT2D eigenvalue weighted by Crippen LogP contribution is -2.48. The Hall–Kier alpha value is -2.62. The molecule has 0 spiro atoms. The summed E-state index contributed by atoms with van der Waals surface area (Å²) in [4.78, 5) is 0. The van der Waals surface area contributed by atoms with Crippen LogP contribution in [-0.2, 0) is 12.8 Å². The lowest BCUT2D eigenvalue weighted by atomic mass is 9.46. The van der Waals surface area contributed by atoms with Crippen molar-refractivity contribution in [2.75, 3.05) is 14.2 Å². The van der Waals surface area contributed by atoms with Crippen LogP contribution in [0.4, 0.5) is 0 Å². The van der Waals surface area contributed by atoms with Gasteiger partial charge >= 0.3 is 0 Å². The number of fused-ring (bicyclic) bond motifs is 3. The second kappa shape index (κ2) is 7.26. The van der Waals surface area contributed by atoms with Gasteiger partial charge < -0.3 is 19.7 Å². The van der Waals surface area contributed by atoms with Crippen LogP contribution in [0.2, 0.25) is 0 Å². The van der Waals surface area contributed by atoms with E-state index in [9.17, 15) is 10.2 Å². The molecular weight excluding hydrogens is 376 g/mol. The van der Waals surface area contributed by atoms with Crippen LogP contribution in [0, 0.1) is 11.3 Å². The Morgan fingerprint density at radius 1 is 1.07 bits per heavy atom. The van der Waals surface area contributed by atoms with Gasteiger partial charge in [0, 0.05) is 11.6 Å². The molecule has 0 amide bonds. The second-order valence-electron chi connectivity index (χ2n) is 9.52. The fourth-order valence-electron chi connectivity index (χ4n) is 5.85. The van der Waals surface area contributed by atoms with Crippen molar-refractivity contribution in [3.63, 3.8) is 0 Å². The number of aromatic hydroxyl groups is 2. The first-order valence-electron chi connectivity index (χ1n) is 10.6. The van der Waals surface area contributed by atoms with Gasteiger partial charge in [-0.15, -0.1) is 0 Å². The van der Waals surface area contributed by atoms with E-state index in [1.807, 2.05) is 12.1 Å². The van der Waals surface area contributed by atoms with Crippen LogP contribution in [0.15, 0.2) is 35.9 Å². The molecule has 4 nitrogen and oxygen atoms in total. The molecule has 0 aromatic heterocycles. The van der Waals surface area contributed by atoms with E-state index >= 15 is 0 Å². The molecule has 4 rings (SSSR count). The van der Waals surface area contributed by atoms with E-state index in [-0.39, 0.29) is 22.8 Å². The molecule has 2 aromatic rings. The zero-order valence-corrected chi connectivity index (χ0v) is 18.7. The number of phenolic OH excluding ortho intramolecular Hbond substituents is 2. The molecule has 2 aliphatic rings. The van der Waals surface area contributed by atoms with Crippen molar-refractivity contribution in [3.05, 3.63) is 58.2 Å². The van der Waals surface area contributed by atoms with E-state index in [2.05, 4.69) is 33.8 Å². The van der Waals surface area contributed by atoms with Gasteiger partial charge in [-0.2, -0.15) is 0 Å². The minimum absolute atomic E-state index is 0.0574. The molecule has 2 N–H and O–H groups in total. The van der Waals surface area contributed by atoms with Crippen molar-refractivity contribution >= 4 is 0 Å². The normalized spacial score (nSPS) is 23.2. The van der Waals surface area contributed by atoms with E-state index in [4.69, 9.17) is 9.47 Å². The minimum atomic E-state index is -0.0770. The first-order chi connectivity index (χ1) is 14.2. The lowest BCUT2D eigenvalue weighted by Gasteiger charge is -2.57.